The van der Waals surface area contributed by atoms with E-state index in [-0.39, 0.29) is 23.3 Å². The fraction of sp³-hybridized carbons (Fsp3) is 0.174. The Bertz CT molecular complexity index is 1200. The highest BCUT2D eigenvalue weighted by Gasteiger charge is 2.21. The third-order valence-corrected chi connectivity index (χ3v) is 6.19. The Morgan fingerprint density at radius 1 is 0.969 bits per heavy atom. The molecular formula is C23H21FN2O5S. The van der Waals surface area contributed by atoms with Crippen LogP contribution in [0.1, 0.15) is 5.56 Å². The molecule has 0 aliphatic carbocycles. The summed E-state index contributed by atoms with van der Waals surface area (Å²) < 4.78 is 51.6. The minimum atomic E-state index is -3.83. The van der Waals surface area contributed by atoms with Crippen molar-refractivity contribution in [2.45, 2.75) is 17.4 Å². The van der Waals surface area contributed by atoms with Gasteiger partial charge in [0.05, 0.1) is 17.9 Å². The van der Waals surface area contributed by atoms with E-state index >= 15 is 0 Å². The van der Waals surface area contributed by atoms with E-state index in [1.165, 1.54) is 12.1 Å². The van der Waals surface area contributed by atoms with Crippen LogP contribution in [0.5, 0.6) is 11.5 Å². The molecule has 1 amide bonds. The van der Waals surface area contributed by atoms with Gasteiger partial charge in [0.25, 0.3) is 10.0 Å². The fourth-order valence-corrected chi connectivity index (χ4v) is 4.22. The summed E-state index contributed by atoms with van der Waals surface area (Å²) in [5.41, 5.74) is 1.06. The van der Waals surface area contributed by atoms with Crippen molar-refractivity contribution in [3.8, 4) is 11.5 Å². The average molecular weight is 456 g/mol. The van der Waals surface area contributed by atoms with E-state index in [2.05, 4.69) is 10.0 Å². The fourth-order valence-electron chi connectivity index (χ4n) is 3.16. The first-order valence-electron chi connectivity index (χ1n) is 9.91. The van der Waals surface area contributed by atoms with Crippen molar-refractivity contribution in [2.75, 3.05) is 17.9 Å². The number of benzene rings is 3. The summed E-state index contributed by atoms with van der Waals surface area (Å²) in [6.07, 6.45) is -0.146. The standard InChI is InChI=1S/C23H21FN2O5S/c24-17-7-11-20(12-8-17)32(28,29)26-18-9-5-16(6-10-18)13-23(27)25-14-19-15-30-21-3-1-2-4-22(21)31-19/h1-12,19,26H,13-15H2,(H,25,27)/t19-/m1/s1. The van der Waals surface area contributed by atoms with Gasteiger partial charge in [0.15, 0.2) is 11.5 Å². The van der Waals surface area contributed by atoms with Crippen molar-refractivity contribution in [3.05, 3.63) is 84.2 Å². The van der Waals surface area contributed by atoms with E-state index in [1.807, 2.05) is 24.3 Å². The zero-order valence-electron chi connectivity index (χ0n) is 17.0. The highest BCUT2D eigenvalue weighted by atomic mass is 32.2. The molecule has 2 N–H and O–H groups in total. The van der Waals surface area contributed by atoms with Crippen LogP contribution in [-0.4, -0.2) is 33.6 Å². The van der Waals surface area contributed by atoms with Gasteiger partial charge in [0.1, 0.15) is 18.5 Å². The average Bonchev–Trinajstić information content (AvgIpc) is 2.79. The second-order valence-electron chi connectivity index (χ2n) is 7.23. The summed E-state index contributed by atoms with van der Waals surface area (Å²) in [6, 6.07) is 18.4. The number of fused-ring (bicyclic) bond motifs is 1. The lowest BCUT2D eigenvalue weighted by atomic mass is 10.1. The van der Waals surface area contributed by atoms with Crippen molar-refractivity contribution in [2.24, 2.45) is 0 Å². The number of anilines is 1. The molecule has 0 aromatic heterocycles. The molecule has 0 radical (unpaired) electrons. The number of hydrogen-bond donors (Lipinski definition) is 2. The summed E-state index contributed by atoms with van der Waals surface area (Å²) in [7, 11) is -3.83. The number of ether oxygens (including phenoxy) is 2. The van der Waals surface area contributed by atoms with Crippen LogP contribution in [-0.2, 0) is 21.2 Å². The molecule has 0 saturated carbocycles. The van der Waals surface area contributed by atoms with E-state index in [9.17, 15) is 17.6 Å². The third kappa shape index (κ3) is 5.36. The zero-order valence-corrected chi connectivity index (χ0v) is 17.8. The molecule has 3 aromatic rings. The van der Waals surface area contributed by atoms with E-state index in [1.54, 1.807) is 24.3 Å². The van der Waals surface area contributed by atoms with Gasteiger partial charge in [0.2, 0.25) is 5.91 Å². The van der Waals surface area contributed by atoms with Gasteiger partial charge in [-0.3, -0.25) is 9.52 Å². The molecule has 1 aliphatic heterocycles. The minimum Gasteiger partial charge on any atom is -0.486 e. The van der Waals surface area contributed by atoms with Gasteiger partial charge in [0, 0.05) is 5.69 Å². The maximum absolute atomic E-state index is 13.0. The molecule has 1 aliphatic rings. The SMILES string of the molecule is O=C(Cc1ccc(NS(=O)(=O)c2ccc(F)cc2)cc1)NC[C@@H]1COc2ccccc2O1. The molecule has 0 unspecified atom stereocenters. The molecule has 0 spiro atoms. The second-order valence-corrected chi connectivity index (χ2v) is 8.92. The Labute approximate surface area is 185 Å². The first kappa shape index (κ1) is 21.6. The van der Waals surface area contributed by atoms with Crippen LogP contribution in [0.2, 0.25) is 0 Å². The normalized spacial score (nSPS) is 15.1. The first-order chi connectivity index (χ1) is 15.4. The van der Waals surface area contributed by atoms with Crippen LogP contribution in [0.4, 0.5) is 10.1 Å². The Balaban J connectivity index is 1.28. The molecule has 32 heavy (non-hydrogen) atoms. The zero-order chi connectivity index (χ0) is 22.6. The van der Waals surface area contributed by atoms with Crippen molar-refractivity contribution in [3.63, 3.8) is 0 Å². The highest BCUT2D eigenvalue weighted by molar-refractivity contribution is 7.92. The van der Waals surface area contributed by atoms with Gasteiger partial charge in [-0.15, -0.1) is 0 Å². The lowest BCUT2D eigenvalue weighted by Crippen LogP contribution is -2.41. The molecule has 1 heterocycles. The predicted octanol–water partition coefficient (Wildman–Crippen LogP) is 3.13. The Hall–Kier alpha value is -3.59. The second kappa shape index (κ2) is 9.27. The van der Waals surface area contributed by atoms with Crippen LogP contribution in [0.15, 0.2) is 77.7 Å². The summed E-state index contributed by atoms with van der Waals surface area (Å²) >= 11 is 0. The molecule has 0 fully saturated rings. The predicted molar refractivity (Wildman–Crippen MR) is 117 cm³/mol. The van der Waals surface area contributed by atoms with Crippen LogP contribution in [0.3, 0.4) is 0 Å². The third-order valence-electron chi connectivity index (χ3n) is 4.79. The molecular weight excluding hydrogens is 435 g/mol. The summed E-state index contributed by atoms with van der Waals surface area (Å²) in [4.78, 5) is 12.2. The molecule has 1 atom stereocenters. The van der Waals surface area contributed by atoms with E-state index in [0.717, 1.165) is 17.7 Å². The minimum absolute atomic E-state index is 0.0427. The quantitative estimate of drug-likeness (QED) is 0.570. The van der Waals surface area contributed by atoms with Crippen molar-refractivity contribution in [1.29, 1.82) is 0 Å². The Morgan fingerprint density at radius 2 is 1.66 bits per heavy atom. The number of hydrogen-bond acceptors (Lipinski definition) is 5. The van der Waals surface area contributed by atoms with Crippen molar-refractivity contribution >= 4 is 21.6 Å². The maximum atomic E-state index is 13.0. The van der Waals surface area contributed by atoms with Crippen LogP contribution in [0, 0.1) is 5.82 Å². The van der Waals surface area contributed by atoms with Crippen molar-refractivity contribution in [1.82, 2.24) is 5.32 Å². The van der Waals surface area contributed by atoms with Gasteiger partial charge < -0.3 is 14.8 Å². The van der Waals surface area contributed by atoms with Crippen LogP contribution < -0.4 is 19.5 Å². The monoisotopic (exact) mass is 456 g/mol. The largest absolute Gasteiger partial charge is 0.486 e. The summed E-state index contributed by atoms with van der Waals surface area (Å²) in [5, 5.41) is 2.82. The molecule has 3 aromatic carbocycles. The van der Waals surface area contributed by atoms with Gasteiger partial charge in [-0.2, -0.15) is 0 Å². The molecule has 0 bridgehead atoms. The van der Waals surface area contributed by atoms with Gasteiger partial charge >= 0.3 is 0 Å². The van der Waals surface area contributed by atoms with Gasteiger partial charge in [-0.25, -0.2) is 12.8 Å². The first-order valence-corrected chi connectivity index (χ1v) is 11.4. The number of nitrogens with one attached hydrogen (secondary N) is 2. The van der Waals surface area contributed by atoms with E-state index in [4.69, 9.17) is 9.47 Å². The van der Waals surface area contributed by atoms with Gasteiger partial charge in [-0.05, 0) is 54.1 Å². The number of halogens is 1. The van der Waals surface area contributed by atoms with E-state index < -0.39 is 15.8 Å². The molecule has 0 saturated heterocycles. The highest BCUT2D eigenvalue weighted by Crippen LogP contribution is 2.30. The Morgan fingerprint density at radius 3 is 2.38 bits per heavy atom. The molecule has 166 valence electrons. The van der Waals surface area contributed by atoms with E-state index in [0.29, 0.717) is 30.3 Å². The van der Waals surface area contributed by atoms with Crippen LogP contribution in [0.25, 0.3) is 0 Å². The number of carbonyl (C=O) groups is 1. The summed E-state index contributed by atoms with van der Waals surface area (Å²) in [5.74, 6) is 0.632. The maximum Gasteiger partial charge on any atom is 0.261 e. The number of amides is 1. The smallest absolute Gasteiger partial charge is 0.261 e. The number of sulfonamides is 1. The lowest BCUT2D eigenvalue weighted by molar-refractivity contribution is -0.120. The Kier molecular flexibility index (Phi) is 6.27. The van der Waals surface area contributed by atoms with Crippen molar-refractivity contribution < 1.29 is 27.1 Å². The van der Waals surface area contributed by atoms with Crippen LogP contribution >= 0.6 is 0 Å². The lowest BCUT2D eigenvalue weighted by Gasteiger charge is -2.26. The van der Waals surface area contributed by atoms with Gasteiger partial charge in [-0.1, -0.05) is 24.3 Å². The molecule has 9 heteroatoms. The number of carbonyl (C=O) groups excluding carboxylic acids is 1. The molecule has 7 nitrogen and oxygen atoms in total. The molecule has 4 rings (SSSR count). The summed E-state index contributed by atoms with van der Waals surface area (Å²) in [6.45, 7) is 0.656. The number of para-hydroxylation sites is 2. The number of rotatable bonds is 7. The topological polar surface area (TPSA) is 93.7 Å².